The van der Waals surface area contributed by atoms with Gasteiger partial charge < -0.3 is 4.90 Å². The highest BCUT2D eigenvalue weighted by Gasteiger charge is 2.36. The zero-order chi connectivity index (χ0) is 33.6. The van der Waals surface area contributed by atoms with Gasteiger partial charge in [0.15, 0.2) is 0 Å². The molecular formula is C49H37N. The first-order valence-corrected chi connectivity index (χ1v) is 17.6. The second kappa shape index (κ2) is 12.4. The maximum Gasteiger partial charge on any atom is 0.0723 e. The van der Waals surface area contributed by atoms with E-state index in [1.807, 2.05) is 0 Å². The van der Waals surface area contributed by atoms with Crippen molar-refractivity contribution in [2.24, 2.45) is 0 Å². The molecule has 0 saturated carbocycles. The van der Waals surface area contributed by atoms with Crippen molar-refractivity contribution in [2.75, 3.05) is 4.90 Å². The summed E-state index contributed by atoms with van der Waals surface area (Å²) in [6.07, 6.45) is 15.7. The monoisotopic (exact) mass is 639 g/mol. The van der Waals surface area contributed by atoms with E-state index in [0.29, 0.717) is 0 Å². The van der Waals surface area contributed by atoms with Gasteiger partial charge in [-0.2, -0.15) is 0 Å². The topological polar surface area (TPSA) is 3.24 Å². The number of benzene rings is 5. The molecule has 1 heteroatoms. The standard InChI is InChI=1S/C49H37N/c1-33(27-28-34(2)50(38-18-7-4-8-19-38)39-20-13-17-37(31-39)35-15-5-3-6-16-35)36-29-30-41-44-25-14-26-46-45-24-12-11-23-43(49(45)47(41)32-36)40-21-9-10-22-42(40)48(44)46/h3-8,10-11,13-20,22-23,25-32,45H,9,21H2,1-2H3/b33-27+,34-28+. The molecule has 4 aliphatic rings. The van der Waals surface area contributed by atoms with Gasteiger partial charge in [-0.15, -0.1) is 0 Å². The second-order valence-corrected chi connectivity index (χ2v) is 13.5. The quantitative estimate of drug-likeness (QED) is 0.132. The number of allylic oxidation sites excluding steroid dienone is 12. The fraction of sp³-hybridized carbons (Fsp3) is 0.102. The molecule has 1 unspecified atom stereocenters. The van der Waals surface area contributed by atoms with Gasteiger partial charge in [0.1, 0.15) is 0 Å². The van der Waals surface area contributed by atoms with Crippen molar-refractivity contribution in [2.45, 2.75) is 32.6 Å². The Kier molecular flexibility index (Phi) is 7.45. The summed E-state index contributed by atoms with van der Waals surface area (Å²) < 4.78 is 0. The number of anilines is 2. The highest BCUT2D eigenvalue weighted by Crippen LogP contribution is 2.55. The van der Waals surface area contributed by atoms with Crippen LogP contribution in [0.2, 0.25) is 0 Å². The van der Waals surface area contributed by atoms with E-state index in [2.05, 4.69) is 188 Å². The van der Waals surface area contributed by atoms with Crippen LogP contribution in [0.5, 0.6) is 0 Å². The molecule has 1 nitrogen and oxygen atoms in total. The van der Waals surface area contributed by atoms with Crippen LogP contribution < -0.4 is 4.90 Å². The normalized spacial score (nSPS) is 17.0. The van der Waals surface area contributed by atoms with Crippen LogP contribution in [-0.2, 0) is 0 Å². The van der Waals surface area contributed by atoms with Crippen molar-refractivity contribution >= 4 is 28.1 Å². The molecule has 0 N–H and O–H groups in total. The first-order valence-electron chi connectivity index (χ1n) is 17.6. The molecule has 238 valence electrons. The maximum atomic E-state index is 3.67. The average molecular weight is 640 g/mol. The third-order valence-corrected chi connectivity index (χ3v) is 10.5. The van der Waals surface area contributed by atoms with Crippen molar-refractivity contribution in [3.8, 4) is 34.1 Å². The number of nitrogens with zero attached hydrogens (tertiary/aromatic N) is 1. The van der Waals surface area contributed by atoms with E-state index in [0.717, 1.165) is 29.9 Å². The third-order valence-electron chi connectivity index (χ3n) is 10.5. The molecule has 0 fully saturated rings. The highest BCUT2D eigenvalue weighted by molar-refractivity contribution is 6.04. The molecule has 0 amide bonds. The summed E-state index contributed by atoms with van der Waals surface area (Å²) >= 11 is 0. The molecule has 6 bridgehead atoms. The van der Waals surface area contributed by atoms with Gasteiger partial charge in [0.25, 0.3) is 0 Å². The summed E-state index contributed by atoms with van der Waals surface area (Å²) in [6.45, 7) is 4.43. The molecular weight excluding hydrogens is 603 g/mol. The van der Waals surface area contributed by atoms with Gasteiger partial charge in [-0.3, -0.25) is 0 Å². The first kappa shape index (κ1) is 30.0. The predicted octanol–water partition coefficient (Wildman–Crippen LogP) is 12.7. The van der Waals surface area contributed by atoms with E-state index in [1.54, 1.807) is 0 Å². The first-order chi connectivity index (χ1) is 24.7. The Hall–Kier alpha value is -6.10. The van der Waals surface area contributed by atoms with Gasteiger partial charge >= 0.3 is 0 Å². The number of hydrogen-bond donors (Lipinski definition) is 0. The Balaban J connectivity index is 1.14. The summed E-state index contributed by atoms with van der Waals surface area (Å²) in [7, 11) is 0. The van der Waals surface area contributed by atoms with Crippen molar-refractivity contribution in [1.29, 1.82) is 0 Å². The van der Waals surface area contributed by atoms with Crippen molar-refractivity contribution in [3.63, 3.8) is 0 Å². The SMILES string of the molecule is C/C(=C\C=C(/C)N(c1ccccc1)c1cccc(-c2ccccc2)c1)c1ccc2c(c1)C1=C3C=CC#CC1c1cccc-2c1C1=C3CCC=C1. The molecule has 0 aliphatic heterocycles. The number of fused-ring (bicyclic) bond motifs is 3. The molecule has 0 saturated heterocycles. The Morgan fingerprint density at radius 2 is 1.46 bits per heavy atom. The molecule has 0 radical (unpaired) electrons. The molecule has 1 atom stereocenters. The fourth-order valence-electron chi connectivity index (χ4n) is 8.14. The molecule has 9 rings (SSSR count). The van der Waals surface area contributed by atoms with E-state index in [4.69, 9.17) is 0 Å². The summed E-state index contributed by atoms with van der Waals surface area (Å²) in [5.41, 5.74) is 20.5. The number of para-hydroxylation sites is 1. The molecule has 0 spiro atoms. The Morgan fingerprint density at radius 1 is 0.680 bits per heavy atom. The Morgan fingerprint density at radius 3 is 2.32 bits per heavy atom. The van der Waals surface area contributed by atoms with Gasteiger partial charge in [-0.25, -0.2) is 0 Å². The minimum absolute atomic E-state index is 0.0444. The lowest BCUT2D eigenvalue weighted by Crippen LogP contribution is -2.14. The largest absolute Gasteiger partial charge is 0.314 e. The van der Waals surface area contributed by atoms with Crippen molar-refractivity contribution < 1.29 is 0 Å². The van der Waals surface area contributed by atoms with Crippen molar-refractivity contribution in [3.05, 3.63) is 197 Å². The molecule has 50 heavy (non-hydrogen) atoms. The lowest BCUT2D eigenvalue weighted by atomic mass is 9.79. The zero-order valence-electron chi connectivity index (χ0n) is 28.4. The van der Waals surface area contributed by atoms with E-state index in [1.165, 1.54) is 72.4 Å². The van der Waals surface area contributed by atoms with E-state index < -0.39 is 0 Å². The Labute approximate surface area is 295 Å². The Bertz CT molecular complexity index is 2430. The van der Waals surface area contributed by atoms with E-state index in [9.17, 15) is 0 Å². The van der Waals surface area contributed by atoms with E-state index >= 15 is 0 Å². The summed E-state index contributed by atoms with van der Waals surface area (Å²) in [5, 5.41) is 0. The zero-order valence-corrected chi connectivity index (χ0v) is 28.4. The molecule has 0 aromatic heterocycles. The van der Waals surface area contributed by atoms with Gasteiger partial charge in [0, 0.05) is 17.1 Å². The van der Waals surface area contributed by atoms with Crippen LogP contribution in [0.25, 0.3) is 39.0 Å². The van der Waals surface area contributed by atoms with Gasteiger partial charge in [-0.1, -0.05) is 121 Å². The lowest BCUT2D eigenvalue weighted by molar-refractivity contribution is 0.984. The third kappa shape index (κ3) is 5.04. The van der Waals surface area contributed by atoms with Crippen LogP contribution in [0, 0.1) is 11.8 Å². The van der Waals surface area contributed by atoms with Crippen molar-refractivity contribution in [1.82, 2.24) is 0 Å². The minimum atomic E-state index is 0.0444. The molecule has 4 aliphatic carbocycles. The maximum absolute atomic E-state index is 3.67. The minimum Gasteiger partial charge on any atom is -0.314 e. The fourth-order valence-corrected chi connectivity index (χ4v) is 8.14. The van der Waals surface area contributed by atoms with Gasteiger partial charge in [0.05, 0.1) is 5.92 Å². The van der Waals surface area contributed by atoms with Crippen LogP contribution in [0.3, 0.4) is 0 Å². The number of rotatable bonds is 6. The predicted molar refractivity (Wildman–Crippen MR) is 212 cm³/mol. The van der Waals surface area contributed by atoms with Crippen LogP contribution >= 0.6 is 0 Å². The van der Waals surface area contributed by atoms with Gasteiger partial charge in [-0.05, 0) is 148 Å². The summed E-state index contributed by atoms with van der Waals surface area (Å²) in [6, 6.07) is 44.0. The van der Waals surface area contributed by atoms with E-state index in [-0.39, 0.29) is 5.92 Å². The number of hydrogen-bond acceptors (Lipinski definition) is 1. The second-order valence-electron chi connectivity index (χ2n) is 13.5. The van der Waals surface area contributed by atoms with Gasteiger partial charge in [0.2, 0.25) is 0 Å². The van der Waals surface area contributed by atoms with Crippen LogP contribution in [-0.4, -0.2) is 0 Å². The highest BCUT2D eigenvalue weighted by atomic mass is 15.1. The van der Waals surface area contributed by atoms with Crippen LogP contribution in [0.1, 0.15) is 54.9 Å². The summed E-state index contributed by atoms with van der Waals surface area (Å²) in [4.78, 5) is 2.34. The summed E-state index contributed by atoms with van der Waals surface area (Å²) in [5.74, 6) is 7.09. The molecule has 0 heterocycles. The molecule has 5 aromatic carbocycles. The molecule has 5 aromatic rings. The average Bonchev–Trinajstić information content (AvgIpc) is 3.48. The smallest absolute Gasteiger partial charge is 0.0723 e. The van der Waals surface area contributed by atoms with Crippen LogP contribution in [0.4, 0.5) is 11.4 Å². The van der Waals surface area contributed by atoms with Crippen LogP contribution in [0.15, 0.2) is 175 Å². The lowest BCUT2D eigenvalue weighted by Gasteiger charge is -2.26.